The number of halogens is 1. The summed E-state index contributed by atoms with van der Waals surface area (Å²) in [4.78, 5) is 10.8. The van der Waals surface area contributed by atoms with E-state index < -0.39 is 22.0 Å². The van der Waals surface area contributed by atoms with Crippen molar-refractivity contribution in [3.63, 3.8) is 0 Å². The molecular weight excluding hydrogens is 316 g/mol. The van der Waals surface area contributed by atoms with E-state index in [9.17, 15) is 13.2 Å². The SMILES string of the molecule is CC(C)C[C@H](NS(=O)(=O)c1cc(C#N)ccc1Cl)C(=O)O. The van der Waals surface area contributed by atoms with Crippen molar-refractivity contribution in [3.8, 4) is 6.07 Å². The summed E-state index contributed by atoms with van der Waals surface area (Å²) in [6.07, 6.45) is 0.143. The maximum Gasteiger partial charge on any atom is 0.321 e. The Morgan fingerprint density at radius 3 is 2.57 bits per heavy atom. The van der Waals surface area contributed by atoms with Gasteiger partial charge >= 0.3 is 5.97 Å². The molecule has 0 aliphatic carbocycles. The lowest BCUT2D eigenvalue weighted by atomic mass is 10.1. The first-order valence-electron chi connectivity index (χ1n) is 6.12. The lowest BCUT2D eigenvalue weighted by Gasteiger charge is -2.17. The molecule has 0 heterocycles. The summed E-state index contributed by atoms with van der Waals surface area (Å²) in [5.74, 6) is -1.27. The second-order valence-electron chi connectivity index (χ2n) is 4.90. The summed E-state index contributed by atoms with van der Waals surface area (Å²) < 4.78 is 26.6. The van der Waals surface area contributed by atoms with Gasteiger partial charge < -0.3 is 5.11 Å². The van der Waals surface area contributed by atoms with E-state index in [1.165, 1.54) is 12.1 Å². The zero-order chi connectivity index (χ0) is 16.2. The second kappa shape index (κ2) is 6.89. The Morgan fingerprint density at radius 1 is 1.48 bits per heavy atom. The Morgan fingerprint density at radius 2 is 2.10 bits per heavy atom. The zero-order valence-corrected chi connectivity index (χ0v) is 13.1. The number of nitrogens with one attached hydrogen (secondary N) is 1. The van der Waals surface area contributed by atoms with Crippen LogP contribution in [-0.2, 0) is 14.8 Å². The van der Waals surface area contributed by atoms with Gasteiger partial charge in [0.25, 0.3) is 0 Å². The van der Waals surface area contributed by atoms with E-state index in [1.54, 1.807) is 13.8 Å². The Bertz CT molecular complexity index is 680. The molecule has 0 aromatic heterocycles. The molecule has 0 saturated carbocycles. The quantitative estimate of drug-likeness (QED) is 0.829. The Kier molecular flexibility index (Phi) is 5.72. The number of benzene rings is 1. The average molecular weight is 331 g/mol. The third-order valence-corrected chi connectivity index (χ3v) is 4.61. The average Bonchev–Trinajstić information content (AvgIpc) is 2.37. The van der Waals surface area contributed by atoms with Gasteiger partial charge in [-0.1, -0.05) is 25.4 Å². The molecule has 0 radical (unpaired) electrons. The van der Waals surface area contributed by atoms with Gasteiger partial charge in [0.1, 0.15) is 10.9 Å². The van der Waals surface area contributed by atoms with Gasteiger partial charge in [-0.2, -0.15) is 9.98 Å². The highest BCUT2D eigenvalue weighted by molar-refractivity contribution is 7.89. The number of hydrogen-bond acceptors (Lipinski definition) is 4. The smallest absolute Gasteiger partial charge is 0.321 e. The molecule has 6 nitrogen and oxygen atoms in total. The highest BCUT2D eigenvalue weighted by atomic mass is 35.5. The van der Waals surface area contributed by atoms with Crippen LogP contribution in [0.5, 0.6) is 0 Å². The molecule has 21 heavy (non-hydrogen) atoms. The molecule has 0 fully saturated rings. The maximum atomic E-state index is 12.2. The van der Waals surface area contributed by atoms with Crippen LogP contribution in [-0.4, -0.2) is 25.5 Å². The fourth-order valence-electron chi connectivity index (χ4n) is 1.70. The van der Waals surface area contributed by atoms with Crippen molar-refractivity contribution in [3.05, 3.63) is 28.8 Å². The number of sulfonamides is 1. The number of nitrogens with zero attached hydrogens (tertiary/aromatic N) is 1. The molecule has 0 bridgehead atoms. The molecule has 1 rings (SSSR count). The van der Waals surface area contributed by atoms with Crippen molar-refractivity contribution >= 4 is 27.6 Å². The van der Waals surface area contributed by atoms with Crippen LogP contribution in [0.4, 0.5) is 0 Å². The Hall–Kier alpha value is -1.62. The van der Waals surface area contributed by atoms with Gasteiger partial charge in [-0.15, -0.1) is 0 Å². The molecule has 1 aromatic rings. The van der Waals surface area contributed by atoms with Crippen LogP contribution in [0.3, 0.4) is 0 Å². The third kappa shape index (κ3) is 4.70. The van der Waals surface area contributed by atoms with Crippen molar-refractivity contribution < 1.29 is 18.3 Å². The number of aliphatic carboxylic acids is 1. The highest BCUT2D eigenvalue weighted by Gasteiger charge is 2.27. The topological polar surface area (TPSA) is 107 Å². The van der Waals surface area contributed by atoms with Crippen molar-refractivity contribution in [1.29, 1.82) is 5.26 Å². The van der Waals surface area contributed by atoms with Crippen LogP contribution >= 0.6 is 11.6 Å². The summed E-state index contributed by atoms with van der Waals surface area (Å²) >= 11 is 5.83. The molecule has 0 amide bonds. The first-order chi connectivity index (χ1) is 9.67. The summed E-state index contributed by atoms with van der Waals surface area (Å²) in [5.41, 5.74) is 0.121. The van der Waals surface area contributed by atoms with Crippen LogP contribution in [0.2, 0.25) is 5.02 Å². The van der Waals surface area contributed by atoms with E-state index in [-0.39, 0.29) is 27.8 Å². The van der Waals surface area contributed by atoms with E-state index in [0.717, 1.165) is 6.07 Å². The highest BCUT2D eigenvalue weighted by Crippen LogP contribution is 2.23. The van der Waals surface area contributed by atoms with Crippen LogP contribution < -0.4 is 4.72 Å². The lowest BCUT2D eigenvalue weighted by molar-refractivity contribution is -0.139. The number of hydrogen-bond donors (Lipinski definition) is 2. The number of carboxylic acid groups (broad SMARTS) is 1. The Balaban J connectivity index is 3.16. The van der Waals surface area contributed by atoms with Crippen LogP contribution in [0.15, 0.2) is 23.1 Å². The van der Waals surface area contributed by atoms with E-state index in [0.29, 0.717) is 0 Å². The predicted octanol–water partition coefficient (Wildman–Crippen LogP) is 1.99. The van der Waals surface area contributed by atoms with Gasteiger partial charge in [0.2, 0.25) is 10.0 Å². The molecule has 1 aromatic carbocycles. The minimum atomic E-state index is -4.13. The molecule has 0 aliphatic rings. The normalized spacial score (nSPS) is 12.9. The molecule has 0 saturated heterocycles. The third-order valence-electron chi connectivity index (χ3n) is 2.65. The van der Waals surface area contributed by atoms with Crippen LogP contribution in [0.25, 0.3) is 0 Å². The second-order valence-corrected chi connectivity index (χ2v) is 6.99. The fourth-order valence-corrected chi connectivity index (χ4v) is 3.43. The molecule has 0 spiro atoms. The van der Waals surface area contributed by atoms with Crippen molar-refractivity contribution in [2.75, 3.05) is 0 Å². The molecule has 0 unspecified atom stereocenters. The fraction of sp³-hybridized carbons (Fsp3) is 0.385. The van der Waals surface area contributed by atoms with Crippen molar-refractivity contribution in [2.24, 2.45) is 5.92 Å². The number of rotatable bonds is 6. The molecule has 114 valence electrons. The molecular formula is C13H15ClN2O4S. The number of carbonyl (C=O) groups is 1. The van der Waals surface area contributed by atoms with E-state index in [1.807, 2.05) is 6.07 Å². The van der Waals surface area contributed by atoms with E-state index in [4.69, 9.17) is 22.0 Å². The van der Waals surface area contributed by atoms with E-state index in [2.05, 4.69) is 4.72 Å². The van der Waals surface area contributed by atoms with E-state index >= 15 is 0 Å². The molecule has 1 atom stereocenters. The van der Waals surface area contributed by atoms with Gasteiger partial charge in [0.15, 0.2) is 0 Å². The van der Waals surface area contributed by atoms with Gasteiger partial charge in [-0.3, -0.25) is 4.79 Å². The summed E-state index contributed by atoms with van der Waals surface area (Å²) in [6.45, 7) is 3.57. The number of nitriles is 1. The summed E-state index contributed by atoms with van der Waals surface area (Å²) in [7, 11) is -4.13. The van der Waals surface area contributed by atoms with Crippen molar-refractivity contribution in [1.82, 2.24) is 4.72 Å². The largest absolute Gasteiger partial charge is 0.480 e. The predicted molar refractivity (Wildman–Crippen MR) is 77.4 cm³/mol. The van der Waals surface area contributed by atoms with Crippen molar-refractivity contribution in [2.45, 2.75) is 31.2 Å². The lowest BCUT2D eigenvalue weighted by Crippen LogP contribution is -2.41. The minimum absolute atomic E-state index is 0.00489. The zero-order valence-electron chi connectivity index (χ0n) is 11.5. The van der Waals surface area contributed by atoms with Gasteiger partial charge in [-0.25, -0.2) is 8.42 Å². The first kappa shape index (κ1) is 17.4. The minimum Gasteiger partial charge on any atom is -0.480 e. The van der Waals surface area contributed by atoms with Gasteiger partial charge in [0.05, 0.1) is 16.7 Å². The molecule has 2 N–H and O–H groups in total. The summed E-state index contributed by atoms with van der Waals surface area (Å²) in [5, 5.41) is 17.8. The monoisotopic (exact) mass is 330 g/mol. The Labute approximate surface area is 128 Å². The number of carboxylic acids is 1. The van der Waals surface area contributed by atoms with Crippen LogP contribution in [0, 0.1) is 17.2 Å². The first-order valence-corrected chi connectivity index (χ1v) is 7.98. The molecule has 8 heteroatoms. The van der Waals surface area contributed by atoms with Gasteiger partial charge in [0, 0.05) is 0 Å². The molecule has 0 aliphatic heterocycles. The van der Waals surface area contributed by atoms with Crippen LogP contribution in [0.1, 0.15) is 25.8 Å². The summed E-state index contributed by atoms with van der Waals surface area (Å²) in [6, 6.07) is 4.33. The van der Waals surface area contributed by atoms with Gasteiger partial charge in [-0.05, 0) is 30.5 Å². The maximum absolute atomic E-state index is 12.2. The standard InChI is InChI=1S/C13H15ClN2O4S/c1-8(2)5-11(13(17)18)16-21(19,20)12-6-9(7-15)3-4-10(12)14/h3-4,6,8,11,16H,5H2,1-2H3,(H,17,18)/t11-/m0/s1.